The van der Waals surface area contributed by atoms with Gasteiger partial charge in [0, 0.05) is 36.1 Å². The highest BCUT2D eigenvalue weighted by atomic mass is 16.7. The summed E-state index contributed by atoms with van der Waals surface area (Å²) in [6.45, 7) is 5.11. The number of ether oxygens (including phenoxy) is 2. The molecule has 4 heteroatoms. The largest absolute Gasteiger partial charge is 0.353 e. The van der Waals surface area contributed by atoms with Crippen molar-refractivity contribution in [1.82, 2.24) is 4.98 Å². The van der Waals surface area contributed by atoms with Crippen LogP contribution in [0.5, 0.6) is 0 Å². The third kappa shape index (κ3) is 2.31. The fourth-order valence-electron chi connectivity index (χ4n) is 5.80. The lowest BCUT2D eigenvalue weighted by Gasteiger charge is -2.54. The molecule has 4 nitrogen and oxygen atoms in total. The number of rotatable bonds is 2. The van der Waals surface area contributed by atoms with E-state index in [9.17, 15) is 0 Å². The average Bonchev–Trinajstić information content (AvgIpc) is 3.28. The fraction of sp³-hybridized carbons (Fsp3) is 0.619. The van der Waals surface area contributed by atoms with Gasteiger partial charge in [-0.2, -0.15) is 0 Å². The molecule has 25 heavy (non-hydrogen) atoms. The van der Waals surface area contributed by atoms with E-state index in [0.717, 1.165) is 19.6 Å². The molecule has 0 aliphatic carbocycles. The predicted molar refractivity (Wildman–Crippen MR) is 98.3 cm³/mol. The van der Waals surface area contributed by atoms with Gasteiger partial charge in [-0.25, -0.2) is 0 Å². The van der Waals surface area contributed by atoms with Crippen molar-refractivity contribution < 1.29 is 14.0 Å². The molecular formula is C21H29N2O2+. The van der Waals surface area contributed by atoms with Crippen molar-refractivity contribution in [1.29, 1.82) is 0 Å². The van der Waals surface area contributed by atoms with E-state index in [4.69, 9.17) is 9.47 Å². The number of para-hydroxylation sites is 1. The summed E-state index contributed by atoms with van der Waals surface area (Å²) >= 11 is 0. The Hall–Kier alpha value is -1.36. The normalized spacial score (nSPS) is 35.7. The van der Waals surface area contributed by atoms with E-state index in [-0.39, 0.29) is 6.29 Å². The molecule has 1 aromatic carbocycles. The van der Waals surface area contributed by atoms with Gasteiger partial charge in [0.25, 0.3) is 0 Å². The van der Waals surface area contributed by atoms with Crippen LogP contribution in [0.4, 0.5) is 0 Å². The lowest BCUT2D eigenvalue weighted by Crippen LogP contribution is -2.61. The first-order chi connectivity index (χ1) is 12.2. The Balaban J connectivity index is 1.58. The summed E-state index contributed by atoms with van der Waals surface area (Å²) in [6.07, 6.45) is 4.81. The van der Waals surface area contributed by atoms with Gasteiger partial charge in [0.15, 0.2) is 6.29 Å². The van der Waals surface area contributed by atoms with Gasteiger partial charge < -0.3 is 18.9 Å². The maximum atomic E-state index is 5.91. The van der Waals surface area contributed by atoms with Crippen LogP contribution in [0.25, 0.3) is 10.9 Å². The monoisotopic (exact) mass is 341 g/mol. The molecule has 0 spiro atoms. The summed E-state index contributed by atoms with van der Waals surface area (Å²) in [5.41, 5.74) is 4.33. The Morgan fingerprint density at radius 1 is 1.16 bits per heavy atom. The number of nitrogens with one attached hydrogen (secondary N) is 1. The van der Waals surface area contributed by atoms with Crippen LogP contribution in [0.15, 0.2) is 24.3 Å². The molecule has 3 aliphatic heterocycles. The molecule has 0 unspecified atom stereocenters. The molecule has 1 aromatic heterocycles. The number of fused-ring (bicyclic) bond motifs is 5. The van der Waals surface area contributed by atoms with Crippen LogP contribution in [0.1, 0.15) is 43.5 Å². The number of quaternary nitrogens is 1. The first-order valence-electron chi connectivity index (χ1n) is 9.88. The Morgan fingerprint density at radius 3 is 2.76 bits per heavy atom. The van der Waals surface area contributed by atoms with Crippen LogP contribution in [0.2, 0.25) is 0 Å². The molecule has 134 valence electrons. The van der Waals surface area contributed by atoms with Crippen LogP contribution in [-0.4, -0.2) is 48.6 Å². The summed E-state index contributed by atoms with van der Waals surface area (Å²) in [7, 11) is 2.49. The van der Waals surface area contributed by atoms with E-state index < -0.39 is 0 Å². The quantitative estimate of drug-likeness (QED) is 0.844. The van der Waals surface area contributed by atoms with Crippen molar-refractivity contribution in [3.63, 3.8) is 0 Å². The summed E-state index contributed by atoms with van der Waals surface area (Å²) in [5.74, 6) is 0.515. The average molecular weight is 341 g/mol. The van der Waals surface area contributed by atoms with E-state index >= 15 is 0 Å². The minimum Gasteiger partial charge on any atom is -0.353 e. The molecule has 0 bridgehead atoms. The number of benzene rings is 1. The summed E-state index contributed by atoms with van der Waals surface area (Å²) in [5, 5.41) is 1.42. The third-order valence-electron chi connectivity index (χ3n) is 7.17. The van der Waals surface area contributed by atoms with Crippen LogP contribution in [0.3, 0.4) is 0 Å². The highest BCUT2D eigenvalue weighted by molar-refractivity contribution is 5.85. The molecule has 0 saturated carbocycles. The van der Waals surface area contributed by atoms with Gasteiger partial charge in [0.05, 0.1) is 38.5 Å². The second-order valence-corrected chi connectivity index (χ2v) is 8.30. The molecule has 4 atom stereocenters. The number of hydrogen-bond donors (Lipinski definition) is 1. The van der Waals surface area contributed by atoms with Crippen molar-refractivity contribution in [2.45, 2.75) is 51.0 Å². The van der Waals surface area contributed by atoms with Crippen LogP contribution in [-0.2, 0) is 15.9 Å². The molecule has 0 amide bonds. The summed E-state index contributed by atoms with van der Waals surface area (Å²) < 4.78 is 13.0. The van der Waals surface area contributed by atoms with Gasteiger partial charge in [-0.05, 0) is 18.1 Å². The van der Waals surface area contributed by atoms with E-state index in [0.29, 0.717) is 18.0 Å². The first-order valence-corrected chi connectivity index (χ1v) is 9.88. The van der Waals surface area contributed by atoms with Gasteiger partial charge in [-0.1, -0.05) is 25.1 Å². The minimum absolute atomic E-state index is 0.0116. The van der Waals surface area contributed by atoms with Gasteiger partial charge in [-0.3, -0.25) is 0 Å². The highest BCUT2D eigenvalue weighted by Crippen LogP contribution is 2.49. The standard InChI is InChI=1S/C21H29N2O2/c1-3-15-12-14(21-24-10-11-25-21)13-19-20-17(8-9-23(15,19)2)16-6-4-5-7-18(16)22-20/h4-7,14-15,19,21-22H,3,8-13H2,1-2H3/q+1/t14-,15+,19+,23+/m1/s1. The zero-order chi connectivity index (χ0) is 17.0. The van der Waals surface area contributed by atoms with Gasteiger partial charge >= 0.3 is 0 Å². The second-order valence-electron chi connectivity index (χ2n) is 8.30. The topological polar surface area (TPSA) is 34.2 Å². The minimum atomic E-state index is 0.0116. The lowest BCUT2D eigenvalue weighted by atomic mass is 9.78. The molecule has 1 N–H and O–H groups in total. The number of nitrogens with zero attached hydrogens (tertiary/aromatic N) is 1. The summed E-state index contributed by atoms with van der Waals surface area (Å²) in [4.78, 5) is 3.80. The van der Waals surface area contributed by atoms with E-state index in [2.05, 4.69) is 43.2 Å². The van der Waals surface area contributed by atoms with E-state index in [1.807, 2.05) is 0 Å². The van der Waals surface area contributed by atoms with E-state index in [1.54, 1.807) is 5.56 Å². The predicted octanol–water partition coefficient (Wildman–Crippen LogP) is 3.77. The third-order valence-corrected chi connectivity index (χ3v) is 7.17. The second kappa shape index (κ2) is 5.83. The van der Waals surface area contributed by atoms with Crippen molar-refractivity contribution in [3.8, 4) is 0 Å². The Labute approximate surface area is 149 Å². The van der Waals surface area contributed by atoms with Gasteiger partial charge in [0.1, 0.15) is 6.04 Å². The number of hydrogen-bond acceptors (Lipinski definition) is 2. The molecule has 0 radical (unpaired) electrons. The first kappa shape index (κ1) is 15.9. The van der Waals surface area contributed by atoms with Crippen molar-refractivity contribution in [2.75, 3.05) is 26.8 Å². The van der Waals surface area contributed by atoms with Gasteiger partial charge in [-0.15, -0.1) is 0 Å². The molecule has 2 saturated heterocycles. The molecule has 2 aromatic rings. The van der Waals surface area contributed by atoms with Crippen molar-refractivity contribution in [2.24, 2.45) is 5.92 Å². The maximum Gasteiger partial charge on any atom is 0.161 e. The maximum absolute atomic E-state index is 5.91. The SMILES string of the molecule is CC[C@H]1C[C@@H](C2OCCO2)C[C@H]2c3[nH]c4ccccc4c3CC[N@@+]12C. The Kier molecular flexibility index (Phi) is 3.70. The molecule has 2 fully saturated rings. The molecule has 3 aliphatic rings. The highest BCUT2D eigenvalue weighted by Gasteiger charge is 2.52. The van der Waals surface area contributed by atoms with Crippen LogP contribution >= 0.6 is 0 Å². The van der Waals surface area contributed by atoms with Crippen molar-refractivity contribution in [3.05, 3.63) is 35.5 Å². The Bertz CT molecular complexity index is 779. The number of aromatic amines is 1. The lowest BCUT2D eigenvalue weighted by molar-refractivity contribution is -0.971. The number of aromatic nitrogens is 1. The van der Waals surface area contributed by atoms with E-state index in [1.165, 1.54) is 46.9 Å². The van der Waals surface area contributed by atoms with Crippen molar-refractivity contribution >= 4 is 10.9 Å². The zero-order valence-corrected chi connectivity index (χ0v) is 15.3. The van der Waals surface area contributed by atoms with Crippen LogP contribution in [0, 0.1) is 5.92 Å². The molecular weight excluding hydrogens is 312 g/mol. The number of likely N-dealkylation sites (N-methyl/N-ethyl adjacent to an activating group) is 1. The summed E-state index contributed by atoms with van der Waals surface area (Å²) in [6, 6.07) is 10.0. The molecule has 5 rings (SSSR count). The molecule has 4 heterocycles. The smallest absolute Gasteiger partial charge is 0.161 e. The zero-order valence-electron chi connectivity index (χ0n) is 15.3. The fourth-order valence-corrected chi connectivity index (χ4v) is 5.80. The van der Waals surface area contributed by atoms with Gasteiger partial charge in [0.2, 0.25) is 0 Å². The number of piperidine rings is 1. The number of H-pyrrole nitrogens is 1. The van der Waals surface area contributed by atoms with Crippen LogP contribution < -0.4 is 0 Å². The Morgan fingerprint density at radius 2 is 1.96 bits per heavy atom.